The summed E-state index contributed by atoms with van der Waals surface area (Å²) in [5.41, 5.74) is 6.61. The van der Waals surface area contributed by atoms with Crippen LogP contribution in [0, 0.1) is 11.8 Å². The van der Waals surface area contributed by atoms with Gasteiger partial charge in [-0.2, -0.15) is 0 Å². The summed E-state index contributed by atoms with van der Waals surface area (Å²) in [6, 6.07) is 2.02. The van der Waals surface area contributed by atoms with E-state index < -0.39 is 0 Å². The summed E-state index contributed by atoms with van der Waals surface area (Å²) in [6.45, 7) is 4.46. The molecule has 0 aliphatic heterocycles. The molecule has 0 spiro atoms. The third-order valence-electron chi connectivity index (χ3n) is 3.13. The molecule has 0 radical (unpaired) electrons. The summed E-state index contributed by atoms with van der Waals surface area (Å²) >= 11 is 0. The molecule has 0 saturated carbocycles. The van der Waals surface area contributed by atoms with Crippen LogP contribution in [0.2, 0.25) is 0 Å². The minimum atomic E-state index is -0.0161. The van der Waals surface area contributed by atoms with E-state index in [0.717, 1.165) is 12.8 Å². The summed E-state index contributed by atoms with van der Waals surface area (Å²) in [6.07, 6.45) is 5.10. The highest BCUT2D eigenvalue weighted by molar-refractivity contribution is 5.94. The van der Waals surface area contributed by atoms with Crippen molar-refractivity contribution < 1.29 is 4.79 Å². The summed E-state index contributed by atoms with van der Waals surface area (Å²) in [5.74, 6) is 5.63. The van der Waals surface area contributed by atoms with Gasteiger partial charge < -0.3 is 10.6 Å². The molecule has 102 valence electrons. The van der Waals surface area contributed by atoms with Crippen LogP contribution < -0.4 is 5.73 Å². The maximum Gasteiger partial charge on any atom is 0.255 e. The first-order valence-electron chi connectivity index (χ1n) is 6.55. The van der Waals surface area contributed by atoms with Crippen molar-refractivity contribution in [2.75, 3.05) is 13.6 Å². The second kappa shape index (κ2) is 7.55. The van der Waals surface area contributed by atoms with Crippen molar-refractivity contribution in [3.63, 3.8) is 0 Å². The van der Waals surface area contributed by atoms with Crippen LogP contribution in [-0.4, -0.2) is 35.4 Å². The molecule has 0 aromatic carbocycles. The van der Waals surface area contributed by atoms with Gasteiger partial charge in [0.25, 0.3) is 5.91 Å². The molecule has 1 aromatic rings. The van der Waals surface area contributed by atoms with E-state index in [1.165, 1.54) is 0 Å². The Bertz CT molecular complexity index is 484. The van der Waals surface area contributed by atoms with Crippen LogP contribution in [0.1, 0.15) is 42.6 Å². The Labute approximate surface area is 115 Å². The van der Waals surface area contributed by atoms with Crippen molar-refractivity contribution in [3.05, 3.63) is 29.6 Å². The van der Waals surface area contributed by atoms with Gasteiger partial charge in [-0.25, -0.2) is 0 Å². The topological polar surface area (TPSA) is 59.2 Å². The second-order valence-corrected chi connectivity index (χ2v) is 4.35. The number of aromatic nitrogens is 1. The quantitative estimate of drug-likeness (QED) is 0.836. The fourth-order valence-corrected chi connectivity index (χ4v) is 1.98. The maximum atomic E-state index is 12.3. The van der Waals surface area contributed by atoms with Crippen molar-refractivity contribution >= 4 is 5.91 Å². The predicted octanol–water partition coefficient (Wildman–Crippen LogP) is 1.65. The van der Waals surface area contributed by atoms with Gasteiger partial charge in [-0.15, -0.1) is 0 Å². The molecule has 1 rings (SSSR count). The lowest BCUT2D eigenvalue weighted by Crippen LogP contribution is -2.36. The van der Waals surface area contributed by atoms with E-state index in [2.05, 4.69) is 30.7 Å². The molecule has 0 unspecified atom stereocenters. The number of carbonyl (C=O) groups is 1. The van der Waals surface area contributed by atoms with Crippen molar-refractivity contribution in [1.29, 1.82) is 0 Å². The van der Waals surface area contributed by atoms with Gasteiger partial charge in [0, 0.05) is 31.0 Å². The smallest absolute Gasteiger partial charge is 0.255 e. The molecule has 1 aromatic heterocycles. The highest BCUT2D eigenvalue weighted by Gasteiger charge is 2.18. The van der Waals surface area contributed by atoms with E-state index in [9.17, 15) is 4.79 Å². The number of nitrogens with two attached hydrogens (primary N) is 1. The molecule has 2 N–H and O–H groups in total. The molecule has 0 bridgehead atoms. The largest absolute Gasteiger partial charge is 0.339 e. The van der Waals surface area contributed by atoms with Gasteiger partial charge in [0.1, 0.15) is 0 Å². The van der Waals surface area contributed by atoms with Crippen LogP contribution >= 0.6 is 0 Å². The SMILES string of the molecule is CCC(CC)N(C)C(=O)c1cncc(C#CCN)c1. The molecule has 0 aliphatic carbocycles. The lowest BCUT2D eigenvalue weighted by molar-refractivity contribution is 0.0723. The van der Waals surface area contributed by atoms with E-state index in [4.69, 9.17) is 5.73 Å². The Morgan fingerprint density at radius 2 is 2.11 bits per heavy atom. The van der Waals surface area contributed by atoms with Crippen molar-refractivity contribution in [2.45, 2.75) is 32.7 Å². The monoisotopic (exact) mass is 259 g/mol. The lowest BCUT2D eigenvalue weighted by atomic mass is 10.1. The number of carbonyl (C=O) groups excluding carboxylic acids is 1. The molecular weight excluding hydrogens is 238 g/mol. The number of rotatable bonds is 4. The Morgan fingerprint density at radius 3 is 2.68 bits per heavy atom. The predicted molar refractivity (Wildman–Crippen MR) is 76.6 cm³/mol. The Morgan fingerprint density at radius 1 is 1.42 bits per heavy atom. The number of nitrogens with zero attached hydrogens (tertiary/aromatic N) is 2. The van der Waals surface area contributed by atoms with Crippen LogP contribution in [0.15, 0.2) is 18.5 Å². The van der Waals surface area contributed by atoms with Crippen LogP contribution in [0.3, 0.4) is 0 Å². The molecule has 0 fully saturated rings. The van der Waals surface area contributed by atoms with Gasteiger partial charge in [0.15, 0.2) is 0 Å². The van der Waals surface area contributed by atoms with Crippen LogP contribution in [-0.2, 0) is 0 Å². The fourth-order valence-electron chi connectivity index (χ4n) is 1.98. The lowest BCUT2D eigenvalue weighted by Gasteiger charge is -2.26. The second-order valence-electron chi connectivity index (χ2n) is 4.35. The van der Waals surface area contributed by atoms with Gasteiger partial charge in [-0.05, 0) is 18.9 Å². The van der Waals surface area contributed by atoms with Crippen molar-refractivity contribution in [1.82, 2.24) is 9.88 Å². The third-order valence-corrected chi connectivity index (χ3v) is 3.13. The zero-order chi connectivity index (χ0) is 14.3. The van der Waals surface area contributed by atoms with Crippen molar-refractivity contribution in [3.8, 4) is 11.8 Å². The summed E-state index contributed by atoms with van der Waals surface area (Å²) in [7, 11) is 1.83. The summed E-state index contributed by atoms with van der Waals surface area (Å²) in [4.78, 5) is 18.2. The molecular formula is C15H21N3O. The molecule has 0 atom stereocenters. The van der Waals surface area contributed by atoms with Crippen LogP contribution in [0.25, 0.3) is 0 Å². The van der Waals surface area contributed by atoms with E-state index in [0.29, 0.717) is 17.7 Å². The minimum Gasteiger partial charge on any atom is -0.339 e. The van der Waals surface area contributed by atoms with Crippen LogP contribution in [0.4, 0.5) is 0 Å². The normalized spacial score (nSPS) is 9.95. The zero-order valence-corrected chi connectivity index (χ0v) is 11.8. The first-order chi connectivity index (χ1) is 9.13. The fraction of sp³-hybridized carbons (Fsp3) is 0.467. The Balaban J connectivity index is 2.93. The van der Waals surface area contributed by atoms with E-state index in [1.807, 2.05) is 7.05 Å². The zero-order valence-electron chi connectivity index (χ0n) is 11.8. The van der Waals surface area contributed by atoms with Crippen molar-refractivity contribution in [2.24, 2.45) is 5.73 Å². The molecule has 1 heterocycles. The highest BCUT2D eigenvalue weighted by atomic mass is 16.2. The van der Waals surface area contributed by atoms with E-state index in [-0.39, 0.29) is 11.9 Å². The molecule has 19 heavy (non-hydrogen) atoms. The Hall–Kier alpha value is -1.86. The Kier molecular flexibility index (Phi) is 6.04. The number of hydrogen-bond donors (Lipinski definition) is 1. The van der Waals surface area contributed by atoms with Gasteiger partial charge in [-0.3, -0.25) is 9.78 Å². The third kappa shape index (κ3) is 4.08. The highest BCUT2D eigenvalue weighted by Crippen LogP contribution is 2.11. The number of amides is 1. The van der Waals surface area contributed by atoms with E-state index in [1.54, 1.807) is 23.4 Å². The standard InChI is InChI=1S/C15H21N3O/c1-4-14(5-2)18(3)15(19)13-9-12(7-6-8-16)10-17-11-13/h9-11,14H,4-5,8,16H2,1-3H3. The van der Waals surface area contributed by atoms with Crippen LogP contribution in [0.5, 0.6) is 0 Å². The van der Waals surface area contributed by atoms with Gasteiger partial charge in [0.05, 0.1) is 12.1 Å². The summed E-state index contributed by atoms with van der Waals surface area (Å²) < 4.78 is 0. The summed E-state index contributed by atoms with van der Waals surface area (Å²) in [5, 5.41) is 0. The van der Waals surface area contributed by atoms with Gasteiger partial charge in [-0.1, -0.05) is 25.7 Å². The molecule has 4 heteroatoms. The minimum absolute atomic E-state index is 0.0161. The molecule has 4 nitrogen and oxygen atoms in total. The first kappa shape index (κ1) is 15.2. The average Bonchev–Trinajstić information content (AvgIpc) is 2.45. The van der Waals surface area contributed by atoms with Gasteiger partial charge in [0.2, 0.25) is 0 Å². The molecule has 0 saturated heterocycles. The maximum absolute atomic E-state index is 12.3. The first-order valence-corrected chi connectivity index (χ1v) is 6.55. The van der Waals surface area contributed by atoms with Gasteiger partial charge >= 0.3 is 0 Å². The molecule has 0 aliphatic rings. The van der Waals surface area contributed by atoms with E-state index >= 15 is 0 Å². The number of pyridine rings is 1. The number of hydrogen-bond acceptors (Lipinski definition) is 3. The molecule has 1 amide bonds. The average molecular weight is 259 g/mol.